The molecule has 3 aromatic rings. The molecule has 2 aromatic heterocycles. The number of nitrogens with one attached hydrogen (secondary N) is 4. The molecule has 4 amide bonds. The summed E-state index contributed by atoms with van der Waals surface area (Å²) in [5.74, 6) is 1.33. The highest BCUT2D eigenvalue weighted by Gasteiger charge is 2.09. The van der Waals surface area contributed by atoms with Crippen molar-refractivity contribution in [1.29, 1.82) is 0 Å². The molecule has 2 heterocycles. The summed E-state index contributed by atoms with van der Waals surface area (Å²) in [6.45, 7) is 0.366. The minimum atomic E-state index is -0.418. The monoisotopic (exact) mass is 424 g/mol. The molecule has 0 saturated heterocycles. The van der Waals surface area contributed by atoms with Gasteiger partial charge >= 0.3 is 12.1 Å². The molecule has 0 unspecified atom stereocenters. The largest absolute Gasteiger partial charge is 0.457 e. The molecule has 31 heavy (non-hydrogen) atoms. The van der Waals surface area contributed by atoms with Crippen LogP contribution in [-0.2, 0) is 4.79 Å². The van der Waals surface area contributed by atoms with Crippen LogP contribution in [0.1, 0.15) is 12.8 Å². The Labute approximate surface area is 179 Å². The topological polar surface area (TPSA) is 126 Å². The van der Waals surface area contributed by atoms with Crippen LogP contribution < -0.4 is 26.0 Å². The maximum Gasteiger partial charge on any atom is 0.325 e. The van der Waals surface area contributed by atoms with E-state index in [1.807, 2.05) is 12.1 Å². The molecule has 10 heteroatoms. The number of hydrogen-bond donors (Lipinski definition) is 4. The summed E-state index contributed by atoms with van der Waals surface area (Å²) in [6, 6.07) is 9.84. The van der Waals surface area contributed by atoms with Gasteiger partial charge in [0, 0.05) is 50.9 Å². The zero-order chi connectivity index (χ0) is 22.2. The average molecular weight is 424 g/mol. The average Bonchev–Trinajstić information content (AvgIpc) is 3.19. The summed E-state index contributed by atoms with van der Waals surface area (Å²) < 4.78 is 7.39. The van der Waals surface area contributed by atoms with Crippen molar-refractivity contribution in [3.05, 3.63) is 48.8 Å². The Balaban J connectivity index is 1.59. The van der Waals surface area contributed by atoms with Crippen LogP contribution >= 0.6 is 0 Å². The van der Waals surface area contributed by atoms with Crippen LogP contribution in [0, 0.1) is 0 Å². The van der Waals surface area contributed by atoms with Crippen molar-refractivity contribution in [2.75, 3.05) is 26.0 Å². The zero-order valence-electron chi connectivity index (χ0n) is 17.3. The number of fused-ring (bicyclic) bond motifs is 1. The molecular weight excluding hydrogens is 400 g/mol. The van der Waals surface area contributed by atoms with Crippen molar-refractivity contribution in [2.45, 2.75) is 12.8 Å². The van der Waals surface area contributed by atoms with Crippen molar-refractivity contribution in [2.24, 2.45) is 0 Å². The summed E-state index contributed by atoms with van der Waals surface area (Å²) in [4.78, 5) is 39.1. The van der Waals surface area contributed by atoms with E-state index in [1.54, 1.807) is 44.6 Å². The van der Waals surface area contributed by atoms with E-state index in [9.17, 15) is 14.4 Å². The van der Waals surface area contributed by atoms with E-state index in [0.717, 1.165) is 10.9 Å². The molecule has 1 aromatic carbocycles. The Morgan fingerprint density at radius 2 is 1.84 bits per heavy atom. The van der Waals surface area contributed by atoms with Gasteiger partial charge in [-0.15, -0.1) is 0 Å². The Kier molecular flexibility index (Phi) is 7.05. The van der Waals surface area contributed by atoms with Gasteiger partial charge in [-0.3, -0.25) is 14.7 Å². The summed E-state index contributed by atoms with van der Waals surface area (Å²) in [7, 11) is 3.15. The molecule has 0 atom stereocenters. The Morgan fingerprint density at radius 3 is 2.61 bits per heavy atom. The van der Waals surface area contributed by atoms with Crippen LogP contribution in [0.2, 0.25) is 0 Å². The van der Waals surface area contributed by atoms with Crippen molar-refractivity contribution in [1.82, 2.24) is 25.5 Å². The zero-order valence-corrected chi connectivity index (χ0v) is 17.3. The predicted molar refractivity (Wildman–Crippen MR) is 116 cm³/mol. The van der Waals surface area contributed by atoms with Gasteiger partial charge < -0.3 is 20.7 Å². The number of carbonyl (C=O) groups is 3. The summed E-state index contributed by atoms with van der Waals surface area (Å²) in [6.07, 6.45) is 4.09. The SMILES string of the molecule is CNC(=O)CCCNC(=O)Nc1cc(Oc2ccc3c(ccn3C(=O)NC)c2)ccn1. The molecule has 0 aliphatic rings. The number of nitrogens with zero attached hydrogens (tertiary/aromatic N) is 2. The second-order valence-electron chi connectivity index (χ2n) is 6.60. The highest BCUT2D eigenvalue weighted by Crippen LogP contribution is 2.27. The molecule has 3 rings (SSSR count). The molecule has 10 nitrogen and oxygen atoms in total. The van der Waals surface area contributed by atoms with Gasteiger partial charge in [0.25, 0.3) is 0 Å². The highest BCUT2D eigenvalue weighted by atomic mass is 16.5. The van der Waals surface area contributed by atoms with E-state index in [1.165, 1.54) is 10.8 Å². The van der Waals surface area contributed by atoms with Gasteiger partial charge in [0.1, 0.15) is 17.3 Å². The molecule has 0 fully saturated rings. The lowest BCUT2D eigenvalue weighted by Gasteiger charge is -2.10. The first-order valence-corrected chi connectivity index (χ1v) is 9.72. The van der Waals surface area contributed by atoms with Gasteiger partial charge in [0.2, 0.25) is 5.91 Å². The van der Waals surface area contributed by atoms with Gasteiger partial charge in [0.15, 0.2) is 0 Å². The standard InChI is InChI=1S/C21H24N6O4/c1-22-19(28)4-3-9-25-20(29)26-18-13-16(7-10-24-18)31-15-5-6-17-14(12-15)8-11-27(17)21(30)23-2/h5-8,10-13H,3-4,9H2,1-2H3,(H,22,28)(H,23,30)(H2,24,25,26,29). The smallest absolute Gasteiger partial charge is 0.325 e. The number of hydrogen-bond acceptors (Lipinski definition) is 5. The third-order valence-electron chi connectivity index (χ3n) is 4.45. The lowest BCUT2D eigenvalue weighted by Crippen LogP contribution is -2.30. The van der Waals surface area contributed by atoms with Gasteiger partial charge in [-0.05, 0) is 36.8 Å². The second kappa shape index (κ2) is 10.1. The van der Waals surface area contributed by atoms with E-state index >= 15 is 0 Å². The summed E-state index contributed by atoms with van der Waals surface area (Å²) in [5, 5.41) is 11.3. The number of ether oxygens (including phenoxy) is 1. The minimum absolute atomic E-state index is 0.0721. The highest BCUT2D eigenvalue weighted by molar-refractivity contribution is 5.92. The lowest BCUT2D eigenvalue weighted by atomic mass is 10.2. The number of benzene rings is 1. The Morgan fingerprint density at radius 1 is 1.03 bits per heavy atom. The van der Waals surface area contributed by atoms with E-state index < -0.39 is 6.03 Å². The van der Waals surface area contributed by atoms with Crippen LogP contribution in [0.3, 0.4) is 0 Å². The van der Waals surface area contributed by atoms with Crippen molar-refractivity contribution < 1.29 is 19.1 Å². The molecule has 0 saturated carbocycles. The first kappa shape index (κ1) is 21.6. The second-order valence-corrected chi connectivity index (χ2v) is 6.60. The Bertz CT molecular complexity index is 1090. The molecule has 0 aliphatic carbocycles. The van der Waals surface area contributed by atoms with Gasteiger partial charge in [-0.25, -0.2) is 14.6 Å². The third-order valence-corrected chi connectivity index (χ3v) is 4.45. The van der Waals surface area contributed by atoms with Gasteiger partial charge in [-0.1, -0.05) is 0 Å². The maximum atomic E-state index is 12.0. The molecule has 0 bridgehead atoms. The Hall–Kier alpha value is -4.08. The molecule has 0 spiro atoms. The van der Waals surface area contributed by atoms with E-state index in [4.69, 9.17) is 4.74 Å². The number of aromatic nitrogens is 2. The van der Waals surface area contributed by atoms with Crippen molar-refractivity contribution in [3.8, 4) is 11.5 Å². The molecule has 162 valence electrons. The van der Waals surface area contributed by atoms with E-state index in [0.29, 0.717) is 36.7 Å². The number of amides is 4. The maximum absolute atomic E-state index is 12.0. The van der Waals surface area contributed by atoms with Crippen molar-refractivity contribution in [3.63, 3.8) is 0 Å². The number of urea groups is 1. The van der Waals surface area contributed by atoms with E-state index in [-0.39, 0.29) is 11.9 Å². The van der Waals surface area contributed by atoms with Crippen LogP contribution in [0.25, 0.3) is 10.9 Å². The summed E-state index contributed by atoms with van der Waals surface area (Å²) in [5.41, 5.74) is 0.761. The van der Waals surface area contributed by atoms with Crippen LogP contribution in [0.4, 0.5) is 15.4 Å². The fourth-order valence-corrected chi connectivity index (χ4v) is 2.90. The summed E-state index contributed by atoms with van der Waals surface area (Å²) >= 11 is 0. The fourth-order valence-electron chi connectivity index (χ4n) is 2.90. The number of pyridine rings is 1. The van der Waals surface area contributed by atoms with E-state index in [2.05, 4.69) is 26.3 Å². The molecule has 4 N–H and O–H groups in total. The molecule has 0 aliphatic heterocycles. The first-order valence-electron chi connectivity index (χ1n) is 9.72. The minimum Gasteiger partial charge on any atom is -0.457 e. The van der Waals surface area contributed by atoms with Gasteiger partial charge in [0.05, 0.1) is 5.52 Å². The fraction of sp³-hybridized carbons (Fsp3) is 0.238. The first-order chi connectivity index (χ1) is 15.0. The van der Waals surface area contributed by atoms with Gasteiger partial charge in [-0.2, -0.15) is 0 Å². The third kappa shape index (κ3) is 5.72. The predicted octanol–water partition coefficient (Wildman–Crippen LogP) is 2.66. The van der Waals surface area contributed by atoms with Crippen molar-refractivity contribution >= 4 is 34.7 Å². The quantitative estimate of drug-likeness (QED) is 0.434. The molecular formula is C21H24N6O4. The number of rotatable bonds is 7. The number of anilines is 1. The van der Waals surface area contributed by atoms with Crippen LogP contribution in [-0.4, -0.2) is 48.2 Å². The lowest BCUT2D eigenvalue weighted by molar-refractivity contribution is -0.120. The normalized spacial score (nSPS) is 10.4. The molecule has 0 radical (unpaired) electrons. The van der Waals surface area contributed by atoms with Crippen LogP contribution in [0.15, 0.2) is 48.8 Å². The van der Waals surface area contributed by atoms with Crippen LogP contribution in [0.5, 0.6) is 11.5 Å². The number of carbonyl (C=O) groups excluding carboxylic acids is 3.